The van der Waals surface area contributed by atoms with Crippen LogP contribution >= 0.6 is 0 Å². The maximum absolute atomic E-state index is 13.1. The monoisotopic (exact) mass is 390 g/mol. The summed E-state index contributed by atoms with van der Waals surface area (Å²) in [5.41, 5.74) is 1.64. The minimum absolute atomic E-state index is 0.0219. The lowest BCUT2D eigenvalue weighted by Gasteiger charge is -2.37. The number of hydrogen-bond donors (Lipinski definition) is 1. The van der Waals surface area contributed by atoms with Gasteiger partial charge in [0.15, 0.2) is 5.43 Å². The van der Waals surface area contributed by atoms with E-state index in [1.54, 1.807) is 0 Å². The normalized spacial score (nSPS) is 22.3. The Kier molecular flexibility index (Phi) is 5.44. The van der Waals surface area contributed by atoms with Crippen LogP contribution in [-0.2, 0) is 11.3 Å². The van der Waals surface area contributed by atoms with Gasteiger partial charge in [0.2, 0.25) is 5.91 Å². The van der Waals surface area contributed by atoms with Gasteiger partial charge in [-0.15, -0.1) is 0 Å². The second-order valence-electron chi connectivity index (χ2n) is 8.95. The van der Waals surface area contributed by atoms with Gasteiger partial charge in [-0.2, -0.15) is 0 Å². The molecule has 1 amide bonds. The fourth-order valence-electron chi connectivity index (χ4n) is 5.01. The van der Waals surface area contributed by atoms with Gasteiger partial charge in [-0.3, -0.25) is 9.59 Å². The van der Waals surface area contributed by atoms with Gasteiger partial charge in [0.05, 0.1) is 11.0 Å². The van der Waals surface area contributed by atoms with E-state index >= 15 is 0 Å². The molecule has 1 aliphatic carbocycles. The van der Waals surface area contributed by atoms with E-state index in [9.17, 15) is 9.59 Å². The van der Waals surface area contributed by atoms with Crippen LogP contribution in [0.15, 0.2) is 53.3 Å². The molecule has 2 aromatic carbocycles. The average Bonchev–Trinajstić information content (AvgIpc) is 2.71. The van der Waals surface area contributed by atoms with E-state index in [4.69, 9.17) is 0 Å². The topological polar surface area (TPSA) is 51.1 Å². The van der Waals surface area contributed by atoms with Gasteiger partial charge >= 0.3 is 0 Å². The summed E-state index contributed by atoms with van der Waals surface area (Å²) in [4.78, 5) is 26.0. The number of nitrogens with zero attached hydrogens (tertiary/aromatic N) is 1. The Morgan fingerprint density at radius 3 is 2.21 bits per heavy atom. The third-order valence-electron chi connectivity index (χ3n) is 6.55. The first-order valence-electron chi connectivity index (χ1n) is 10.8. The van der Waals surface area contributed by atoms with Crippen molar-refractivity contribution in [3.8, 4) is 0 Å². The highest BCUT2D eigenvalue weighted by atomic mass is 16.2. The van der Waals surface area contributed by atoms with E-state index in [2.05, 4.69) is 26.1 Å². The zero-order valence-corrected chi connectivity index (χ0v) is 17.5. The molecule has 4 heteroatoms. The third-order valence-corrected chi connectivity index (χ3v) is 6.55. The highest BCUT2D eigenvalue weighted by molar-refractivity contribution is 5.94. The molecule has 152 valence electrons. The summed E-state index contributed by atoms with van der Waals surface area (Å²) in [6.07, 6.45) is 3.46. The fraction of sp³-hybridized carbons (Fsp3) is 0.440. The smallest absolute Gasteiger partial charge is 0.240 e. The van der Waals surface area contributed by atoms with Gasteiger partial charge in [0, 0.05) is 16.8 Å². The number of carbonyl (C=O) groups is 1. The number of amides is 1. The number of carbonyl (C=O) groups excluding carboxylic acids is 1. The van der Waals surface area contributed by atoms with Crippen LogP contribution in [0.1, 0.15) is 40.0 Å². The third kappa shape index (κ3) is 3.81. The van der Waals surface area contributed by atoms with Crippen LogP contribution in [0.3, 0.4) is 0 Å². The maximum Gasteiger partial charge on any atom is 0.240 e. The summed E-state index contributed by atoms with van der Waals surface area (Å²) < 4.78 is 1.98. The number of fused-ring (bicyclic) bond motifs is 2. The number of nitrogens with one attached hydrogen (secondary N) is 1. The molecule has 0 spiro atoms. The Bertz CT molecular complexity index is 1040. The Balaban J connectivity index is 1.69. The molecule has 0 saturated heterocycles. The molecule has 1 fully saturated rings. The fourth-order valence-corrected chi connectivity index (χ4v) is 5.01. The quantitative estimate of drug-likeness (QED) is 0.655. The summed E-state index contributed by atoms with van der Waals surface area (Å²) in [5, 5.41) is 4.65. The van der Waals surface area contributed by atoms with Crippen molar-refractivity contribution >= 4 is 27.7 Å². The summed E-state index contributed by atoms with van der Waals surface area (Å²) in [6.45, 7) is 7.00. The maximum atomic E-state index is 13.1. The molecule has 3 aromatic rings. The molecule has 0 radical (unpaired) electrons. The van der Waals surface area contributed by atoms with E-state index in [0.29, 0.717) is 28.5 Å². The van der Waals surface area contributed by atoms with Gasteiger partial charge in [0.1, 0.15) is 6.54 Å². The van der Waals surface area contributed by atoms with Crippen LogP contribution in [0, 0.1) is 17.8 Å². The predicted octanol–water partition coefficient (Wildman–Crippen LogP) is 4.73. The summed E-state index contributed by atoms with van der Waals surface area (Å²) in [7, 11) is 0. The second-order valence-corrected chi connectivity index (χ2v) is 8.95. The molecule has 29 heavy (non-hydrogen) atoms. The Hall–Kier alpha value is -2.62. The van der Waals surface area contributed by atoms with E-state index in [1.807, 2.05) is 53.1 Å². The lowest BCUT2D eigenvalue weighted by atomic mass is 9.74. The molecule has 0 aliphatic heterocycles. The number of pyridine rings is 1. The predicted molar refractivity (Wildman–Crippen MR) is 119 cm³/mol. The van der Waals surface area contributed by atoms with Crippen molar-refractivity contribution in [1.29, 1.82) is 0 Å². The lowest BCUT2D eigenvalue weighted by molar-refractivity contribution is -0.123. The number of hydrogen-bond acceptors (Lipinski definition) is 2. The first-order chi connectivity index (χ1) is 14.0. The Morgan fingerprint density at radius 2 is 1.62 bits per heavy atom. The van der Waals surface area contributed by atoms with E-state index < -0.39 is 0 Å². The standard InChI is InChI=1S/C25H30N2O2/c1-16(2)18-13-12-17(3)14-21(18)26-24(28)15-27-22-10-6-4-8-19(22)25(29)20-9-5-7-11-23(20)27/h4-11,16-18,21H,12-15H2,1-3H3,(H,26,28). The van der Waals surface area contributed by atoms with Crippen LogP contribution in [0.4, 0.5) is 0 Å². The van der Waals surface area contributed by atoms with Crippen molar-refractivity contribution < 1.29 is 4.79 Å². The van der Waals surface area contributed by atoms with Gasteiger partial charge in [-0.05, 0) is 54.9 Å². The minimum atomic E-state index is 0.0219. The van der Waals surface area contributed by atoms with Crippen molar-refractivity contribution in [3.63, 3.8) is 0 Å². The molecule has 1 heterocycles. The van der Waals surface area contributed by atoms with Crippen LogP contribution in [0.5, 0.6) is 0 Å². The number of para-hydroxylation sites is 2. The van der Waals surface area contributed by atoms with Crippen LogP contribution < -0.4 is 10.7 Å². The molecule has 1 saturated carbocycles. The van der Waals surface area contributed by atoms with Crippen molar-refractivity contribution in [2.45, 2.75) is 52.6 Å². The molecule has 4 rings (SSSR count). The molecule has 1 N–H and O–H groups in total. The first kappa shape index (κ1) is 19.7. The highest BCUT2D eigenvalue weighted by Gasteiger charge is 2.31. The van der Waals surface area contributed by atoms with Crippen LogP contribution in [0.2, 0.25) is 0 Å². The molecular weight excluding hydrogens is 360 g/mol. The van der Waals surface area contributed by atoms with Gasteiger partial charge in [0.25, 0.3) is 0 Å². The molecule has 1 aliphatic rings. The minimum Gasteiger partial charge on any atom is -0.352 e. The Morgan fingerprint density at radius 1 is 1.03 bits per heavy atom. The first-order valence-corrected chi connectivity index (χ1v) is 10.8. The average molecular weight is 391 g/mol. The highest BCUT2D eigenvalue weighted by Crippen LogP contribution is 2.33. The second kappa shape index (κ2) is 8.02. The lowest BCUT2D eigenvalue weighted by Crippen LogP contribution is -2.46. The number of rotatable bonds is 4. The number of benzene rings is 2. The largest absolute Gasteiger partial charge is 0.352 e. The molecule has 1 aromatic heterocycles. The van der Waals surface area contributed by atoms with Crippen LogP contribution in [0.25, 0.3) is 21.8 Å². The van der Waals surface area contributed by atoms with Crippen molar-refractivity contribution in [2.75, 3.05) is 0 Å². The van der Waals surface area contributed by atoms with E-state index in [1.165, 1.54) is 12.8 Å². The zero-order valence-electron chi connectivity index (χ0n) is 17.5. The molecule has 3 atom stereocenters. The molecule has 0 bridgehead atoms. The van der Waals surface area contributed by atoms with E-state index in [0.717, 1.165) is 17.5 Å². The molecular formula is C25H30N2O2. The summed E-state index contributed by atoms with van der Waals surface area (Å²) in [5.74, 6) is 1.75. The number of aromatic nitrogens is 1. The Labute approximate surface area is 171 Å². The van der Waals surface area contributed by atoms with Crippen molar-refractivity contribution in [1.82, 2.24) is 9.88 Å². The van der Waals surface area contributed by atoms with Crippen molar-refractivity contribution in [3.05, 3.63) is 58.8 Å². The SMILES string of the molecule is CC1CCC(C(C)C)C(NC(=O)Cn2c3ccccc3c(=O)c3ccccc32)C1. The zero-order chi connectivity index (χ0) is 20.5. The summed E-state index contributed by atoms with van der Waals surface area (Å²) >= 11 is 0. The van der Waals surface area contributed by atoms with Gasteiger partial charge in [-0.25, -0.2) is 0 Å². The van der Waals surface area contributed by atoms with Crippen molar-refractivity contribution in [2.24, 2.45) is 17.8 Å². The van der Waals surface area contributed by atoms with Gasteiger partial charge in [-0.1, -0.05) is 51.5 Å². The van der Waals surface area contributed by atoms with Crippen LogP contribution in [-0.4, -0.2) is 16.5 Å². The summed E-state index contributed by atoms with van der Waals surface area (Å²) in [6, 6.07) is 15.4. The molecule has 3 unspecified atom stereocenters. The molecule has 4 nitrogen and oxygen atoms in total. The van der Waals surface area contributed by atoms with E-state index in [-0.39, 0.29) is 23.9 Å². The van der Waals surface area contributed by atoms with Gasteiger partial charge < -0.3 is 9.88 Å².